The Hall–Kier alpha value is -2.38. The number of morpholine rings is 1. The molecule has 0 unspecified atom stereocenters. The van der Waals surface area contributed by atoms with Crippen molar-refractivity contribution < 1.29 is 26.3 Å². The molecule has 0 radical (unpaired) electrons. The van der Waals surface area contributed by atoms with Gasteiger partial charge in [0.25, 0.3) is 0 Å². The zero-order valence-corrected chi connectivity index (χ0v) is 18.2. The molecule has 2 aromatic heterocycles. The number of alkyl halides is 3. The second kappa shape index (κ2) is 8.52. The maximum Gasteiger partial charge on any atom is 0.433 e. The summed E-state index contributed by atoms with van der Waals surface area (Å²) in [7, 11) is -4.28. The predicted octanol–water partition coefficient (Wildman–Crippen LogP) is 4.03. The average molecular weight is 486 g/mol. The van der Waals surface area contributed by atoms with E-state index in [4.69, 9.17) is 4.74 Å². The van der Waals surface area contributed by atoms with Crippen molar-refractivity contribution in [3.63, 3.8) is 0 Å². The molecule has 7 nitrogen and oxygen atoms in total. The van der Waals surface area contributed by atoms with Crippen LogP contribution in [-0.4, -0.2) is 44.7 Å². The normalized spacial score (nSPS) is 16.8. The van der Waals surface area contributed by atoms with Crippen molar-refractivity contribution in [1.82, 2.24) is 14.6 Å². The lowest BCUT2D eigenvalue weighted by molar-refractivity contribution is -0.141. The summed E-state index contributed by atoms with van der Waals surface area (Å²) in [6.07, 6.45) is -4.83. The Morgan fingerprint density at radius 2 is 1.78 bits per heavy atom. The maximum absolute atomic E-state index is 13.3. The zero-order chi connectivity index (χ0) is 23.0. The number of hydrogen-bond acceptors (Lipinski definition) is 7. The Morgan fingerprint density at radius 3 is 2.38 bits per heavy atom. The second-order valence-corrected chi connectivity index (χ2v) is 10.1. The lowest BCUT2D eigenvalue weighted by Crippen LogP contribution is -2.51. The van der Waals surface area contributed by atoms with E-state index in [1.165, 1.54) is 24.3 Å². The van der Waals surface area contributed by atoms with Gasteiger partial charge in [-0.15, -0.1) is 11.3 Å². The molecule has 4 rings (SSSR count). The molecule has 0 aliphatic carbocycles. The van der Waals surface area contributed by atoms with Gasteiger partial charge in [0.05, 0.1) is 29.5 Å². The first-order valence-electron chi connectivity index (χ1n) is 9.55. The van der Waals surface area contributed by atoms with E-state index in [-0.39, 0.29) is 18.8 Å². The molecular formula is C20H18F3N3O4S2. The second-order valence-electron chi connectivity index (χ2n) is 7.27. The predicted molar refractivity (Wildman–Crippen MR) is 113 cm³/mol. The first kappa shape index (κ1) is 22.8. The third-order valence-electron chi connectivity index (χ3n) is 5.01. The summed E-state index contributed by atoms with van der Waals surface area (Å²) < 4.78 is 70.4. The highest BCUT2D eigenvalue weighted by Crippen LogP contribution is 2.33. The highest BCUT2D eigenvalue weighted by Gasteiger charge is 2.35. The minimum atomic E-state index is -4.83. The molecule has 0 saturated carbocycles. The van der Waals surface area contributed by atoms with E-state index < -0.39 is 37.3 Å². The minimum Gasteiger partial charge on any atom is -0.627 e. The molecule has 1 aliphatic heterocycles. The van der Waals surface area contributed by atoms with Gasteiger partial charge >= 0.3 is 6.18 Å². The van der Waals surface area contributed by atoms with Crippen molar-refractivity contribution in [2.24, 2.45) is 0 Å². The highest BCUT2D eigenvalue weighted by atomic mass is 32.2. The van der Waals surface area contributed by atoms with Crippen molar-refractivity contribution in [2.45, 2.75) is 17.1 Å². The Labute approximate surface area is 186 Å². The Bertz CT molecular complexity index is 1190. The average Bonchev–Trinajstić information content (AvgIpc) is 3.28. The van der Waals surface area contributed by atoms with Crippen molar-refractivity contribution in [3.05, 3.63) is 64.3 Å². The Balaban J connectivity index is 1.64. The van der Waals surface area contributed by atoms with Gasteiger partial charge in [-0.2, -0.15) is 13.2 Å². The molecule has 0 bridgehead atoms. The lowest BCUT2D eigenvalue weighted by atomic mass is 10.2. The SMILES string of the molecule is O=S(=O)(Cc1ccc([N+]2([O-])CCOCC2)cc1)c1nc(-c2cccs2)cc(C(F)(F)F)n1. The molecule has 1 fully saturated rings. The van der Waals surface area contributed by atoms with Gasteiger partial charge in [-0.25, -0.2) is 18.4 Å². The zero-order valence-electron chi connectivity index (χ0n) is 16.6. The number of nitrogens with zero attached hydrogens (tertiary/aromatic N) is 3. The number of sulfone groups is 1. The van der Waals surface area contributed by atoms with Crippen LogP contribution in [0, 0.1) is 5.21 Å². The summed E-state index contributed by atoms with van der Waals surface area (Å²) in [4.78, 5) is 7.60. The van der Waals surface area contributed by atoms with E-state index in [2.05, 4.69) is 9.97 Å². The molecular weight excluding hydrogens is 467 g/mol. The largest absolute Gasteiger partial charge is 0.627 e. The summed E-state index contributed by atoms with van der Waals surface area (Å²) in [6, 6.07) is 9.95. The fourth-order valence-electron chi connectivity index (χ4n) is 3.30. The number of hydrogen-bond donors (Lipinski definition) is 0. The number of hydroxylamine groups is 2. The molecule has 1 saturated heterocycles. The van der Waals surface area contributed by atoms with Gasteiger partial charge in [0.2, 0.25) is 15.0 Å². The van der Waals surface area contributed by atoms with Crippen LogP contribution in [0.15, 0.2) is 53.0 Å². The maximum atomic E-state index is 13.3. The fraction of sp³-hybridized carbons (Fsp3) is 0.300. The van der Waals surface area contributed by atoms with E-state index in [0.29, 0.717) is 29.3 Å². The number of ether oxygens (including phenoxy) is 1. The van der Waals surface area contributed by atoms with E-state index in [1.54, 1.807) is 17.5 Å². The van der Waals surface area contributed by atoms with Gasteiger partial charge in [-0.05, 0) is 35.2 Å². The van der Waals surface area contributed by atoms with Crippen molar-refractivity contribution in [2.75, 3.05) is 26.3 Å². The van der Waals surface area contributed by atoms with E-state index >= 15 is 0 Å². The quantitative estimate of drug-likeness (QED) is 0.308. The van der Waals surface area contributed by atoms with E-state index in [1.807, 2.05) is 0 Å². The number of rotatable bonds is 5. The summed E-state index contributed by atoms with van der Waals surface area (Å²) in [5.41, 5.74) is -0.659. The first-order chi connectivity index (χ1) is 15.1. The number of benzene rings is 1. The Kier molecular flexibility index (Phi) is 6.07. The van der Waals surface area contributed by atoms with Crippen LogP contribution in [0.1, 0.15) is 11.3 Å². The van der Waals surface area contributed by atoms with Crippen LogP contribution < -0.4 is 4.65 Å². The summed E-state index contributed by atoms with van der Waals surface area (Å²) >= 11 is 1.14. The summed E-state index contributed by atoms with van der Waals surface area (Å²) in [5, 5.41) is 13.6. The van der Waals surface area contributed by atoms with Crippen molar-refractivity contribution >= 4 is 26.9 Å². The molecule has 170 valence electrons. The van der Waals surface area contributed by atoms with Crippen LogP contribution in [0.2, 0.25) is 0 Å². The van der Waals surface area contributed by atoms with E-state index in [9.17, 15) is 26.8 Å². The van der Waals surface area contributed by atoms with Gasteiger partial charge in [-0.3, -0.25) is 0 Å². The number of thiophene rings is 1. The summed E-state index contributed by atoms with van der Waals surface area (Å²) in [6.45, 7) is 1.17. The smallest absolute Gasteiger partial charge is 0.433 e. The third-order valence-corrected chi connectivity index (χ3v) is 7.35. The Morgan fingerprint density at radius 1 is 1.09 bits per heavy atom. The van der Waals surface area contributed by atoms with Crippen LogP contribution in [0.5, 0.6) is 0 Å². The molecule has 1 aliphatic rings. The third kappa shape index (κ3) is 4.84. The van der Waals surface area contributed by atoms with Gasteiger partial charge in [0.1, 0.15) is 24.5 Å². The topological polar surface area (TPSA) is 92.2 Å². The van der Waals surface area contributed by atoms with Crippen LogP contribution in [0.25, 0.3) is 10.6 Å². The molecule has 12 heteroatoms. The number of aromatic nitrogens is 2. The fourth-order valence-corrected chi connectivity index (χ4v) is 5.23. The van der Waals surface area contributed by atoms with Crippen LogP contribution in [0.4, 0.5) is 18.9 Å². The molecule has 0 amide bonds. The van der Waals surface area contributed by atoms with Gasteiger partial charge in [0, 0.05) is 0 Å². The number of quaternary nitrogens is 1. The lowest BCUT2D eigenvalue weighted by Gasteiger charge is -2.44. The number of halogens is 3. The molecule has 0 N–H and O–H groups in total. The molecule has 3 heterocycles. The van der Waals surface area contributed by atoms with Gasteiger partial charge in [-0.1, -0.05) is 18.2 Å². The van der Waals surface area contributed by atoms with Gasteiger partial charge in [0.15, 0.2) is 0 Å². The highest BCUT2D eigenvalue weighted by molar-refractivity contribution is 7.90. The molecule has 3 aromatic rings. The molecule has 0 spiro atoms. The molecule has 0 atom stereocenters. The standard InChI is InChI=1S/C20H18F3N3O4S2/c21-20(22,23)18-12-16(17-2-1-11-31-17)24-19(25-18)32(28,29)13-14-3-5-15(6-4-14)26(27)7-9-30-10-8-26/h1-6,11-12H,7-10,13H2. The van der Waals surface area contributed by atoms with Crippen molar-refractivity contribution in [1.29, 1.82) is 0 Å². The van der Waals surface area contributed by atoms with Crippen LogP contribution in [-0.2, 0) is 26.5 Å². The van der Waals surface area contributed by atoms with Crippen molar-refractivity contribution in [3.8, 4) is 10.6 Å². The monoisotopic (exact) mass is 485 g/mol. The first-order valence-corrected chi connectivity index (χ1v) is 12.1. The van der Waals surface area contributed by atoms with E-state index in [0.717, 1.165) is 17.4 Å². The summed E-state index contributed by atoms with van der Waals surface area (Å²) in [5.74, 6) is -0.597. The van der Waals surface area contributed by atoms with Crippen LogP contribution >= 0.6 is 11.3 Å². The van der Waals surface area contributed by atoms with Gasteiger partial charge < -0.3 is 14.6 Å². The molecule has 32 heavy (non-hydrogen) atoms. The van der Waals surface area contributed by atoms with Crippen LogP contribution in [0.3, 0.4) is 0 Å². The molecule has 1 aromatic carbocycles. The minimum absolute atomic E-state index is 0.110.